The first-order valence-corrected chi connectivity index (χ1v) is 8.34. The molecule has 1 aliphatic heterocycles. The van der Waals surface area contributed by atoms with E-state index >= 15 is 0 Å². The Morgan fingerprint density at radius 3 is 2.24 bits per heavy atom. The highest BCUT2D eigenvalue weighted by molar-refractivity contribution is 5.95. The second-order valence-corrected chi connectivity index (χ2v) is 9.01. The molecule has 0 spiro atoms. The second-order valence-electron chi connectivity index (χ2n) is 9.01. The lowest BCUT2D eigenvalue weighted by Crippen LogP contribution is -2.72. The van der Waals surface area contributed by atoms with E-state index < -0.39 is 0 Å². The van der Waals surface area contributed by atoms with Gasteiger partial charge in [-0.25, -0.2) is 0 Å². The van der Waals surface area contributed by atoms with Gasteiger partial charge < -0.3 is 10.2 Å². The summed E-state index contributed by atoms with van der Waals surface area (Å²) in [5.41, 5.74) is 0.668. The molecule has 1 N–H and O–H groups in total. The Morgan fingerprint density at radius 1 is 1.05 bits per heavy atom. The molecule has 0 aromatic carbocycles. The molecule has 1 saturated heterocycles. The van der Waals surface area contributed by atoms with Gasteiger partial charge in [-0.2, -0.15) is 0 Å². The molecule has 5 fully saturated rings. The third-order valence-electron chi connectivity index (χ3n) is 6.56. The first kappa shape index (κ1) is 13.6. The number of carbonyl (C=O) groups excluding carboxylic acids is 2. The highest BCUT2D eigenvalue weighted by Crippen LogP contribution is 2.67. The average molecular weight is 290 g/mol. The lowest BCUT2D eigenvalue weighted by Gasteiger charge is -2.68. The summed E-state index contributed by atoms with van der Waals surface area (Å²) in [7, 11) is 0. The van der Waals surface area contributed by atoms with Crippen LogP contribution in [0.15, 0.2) is 0 Å². The van der Waals surface area contributed by atoms with E-state index in [1.807, 2.05) is 11.8 Å². The van der Waals surface area contributed by atoms with Crippen molar-refractivity contribution in [3.8, 4) is 0 Å². The summed E-state index contributed by atoms with van der Waals surface area (Å²) in [6.45, 7) is 6.89. The average Bonchev–Trinajstić information content (AvgIpc) is 2.29. The molecule has 3 unspecified atom stereocenters. The predicted octanol–water partition coefficient (Wildman–Crippen LogP) is 2.08. The monoisotopic (exact) mass is 290 g/mol. The Labute approximate surface area is 126 Å². The molecule has 2 amide bonds. The van der Waals surface area contributed by atoms with E-state index in [9.17, 15) is 9.59 Å². The third-order valence-corrected chi connectivity index (χ3v) is 6.56. The molecule has 21 heavy (non-hydrogen) atoms. The Morgan fingerprint density at radius 2 is 1.67 bits per heavy atom. The molecular formula is C17H26N2O2. The summed E-state index contributed by atoms with van der Waals surface area (Å²) in [4.78, 5) is 26.7. The highest BCUT2D eigenvalue weighted by atomic mass is 16.2. The minimum Gasteiger partial charge on any atom is -0.345 e. The number of hydrogen-bond acceptors (Lipinski definition) is 2. The normalized spacial score (nSPS) is 52.2. The van der Waals surface area contributed by atoms with Gasteiger partial charge in [0.2, 0.25) is 11.8 Å². The van der Waals surface area contributed by atoms with Crippen molar-refractivity contribution in [2.45, 2.75) is 70.9 Å². The van der Waals surface area contributed by atoms with E-state index in [0.29, 0.717) is 10.8 Å². The van der Waals surface area contributed by atoms with Crippen LogP contribution >= 0.6 is 0 Å². The number of amides is 2. The van der Waals surface area contributed by atoms with Gasteiger partial charge in [-0.1, -0.05) is 13.8 Å². The molecular weight excluding hydrogens is 264 g/mol. The van der Waals surface area contributed by atoms with Crippen molar-refractivity contribution in [1.82, 2.24) is 10.2 Å². The Kier molecular flexibility index (Phi) is 2.47. The molecule has 4 aliphatic carbocycles. The number of rotatable bonds is 1. The van der Waals surface area contributed by atoms with E-state index in [4.69, 9.17) is 0 Å². The number of nitrogens with one attached hydrogen (secondary N) is 1. The van der Waals surface area contributed by atoms with Crippen molar-refractivity contribution in [2.24, 2.45) is 16.7 Å². The van der Waals surface area contributed by atoms with Crippen LogP contribution in [0.4, 0.5) is 0 Å². The van der Waals surface area contributed by atoms with Gasteiger partial charge in [0.1, 0.15) is 6.04 Å². The standard InChI is InChI=1S/C17H26N2O2/c1-11-14(21)18-7-13(20)19(11)17-6-12-4-15(2,9-17)8-16(3,5-12)10-17/h11-12H,4-10H2,1-3H3,(H,18,21). The van der Waals surface area contributed by atoms with Gasteiger partial charge in [0.05, 0.1) is 6.54 Å². The van der Waals surface area contributed by atoms with Crippen LogP contribution in [0.25, 0.3) is 0 Å². The lowest BCUT2D eigenvalue weighted by molar-refractivity contribution is -0.187. The SMILES string of the molecule is CC1C(=O)NCC(=O)N1C12CC3CC(C)(CC(C)(C3)C1)C2. The molecule has 4 heteroatoms. The van der Waals surface area contributed by atoms with Crippen LogP contribution in [0.3, 0.4) is 0 Å². The molecule has 0 aromatic rings. The number of nitrogens with zero attached hydrogens (tertiary/aromatic N) is 1. The molecule has 0 aromatic heterocycles. The maximum atomic E-state index is 12.6. The van der Waals surface area contributed by atoms with Crippen LogP contribution in [0.1, 0.15) is 59.3 Å². The number of piperazine rings is 1. The zero-order valence-electron chi connectivity index (χ0n) is 13.4. The summed E-state index contributed by atoms with van der Waals surface area (Å²) in [6.07, 6.45) is 7.22. The van der Waals surface area contributed by atoms with Gasteiger partial charge in [0.15, 0.2) is 0 Å². The minimum absolute atomic E-state index is 0.0145. The van der Waals surface area contributed by atoms with Crippen LogP contribution in [0.5, 0.6) is 0 Å². The fourth-order valence-electron chi connectivity index (χ4n) is 7.06. The van der Waals surface area contributed by atoms with Gasteiger partial charge in [-0.05, 0) is 62.2 Å². The Bertz CT molecular complexity index is 511. The molecule has 5 aliphatic rings. The number of hydrogen-bond donors (Lipinski definition) is 1. The van der Waals surface area contributed by atoms with Gasteiger partial charge >= 0.3 is 0 Å². The van der Waals surface area contributed by atoms with Crippen molar-refractivity contribution in [1.29, 1.82) is 0 Å². The van der Waals surface area contributed by atoms with Gasteiger partial charge in [-0.15, -0.1) is 0 Å². The Hall–Kier alpha value is -1.06. The van der Waals surface area contributed by atoms with Gasteiger partial charge in [0, 0.05) is 5.54 Å². The highest BCUT2D eigenvalue weighted by Gasteiger charge is 2.63. The molecule has 4 saturated carbocycles. The van der Waals surface area contributed by atoms with Crippen molar-refractivity contribution >= 4 is 11.8 Å². The van der Waals surface area contributed by atoms with E-state index in [0.717, 1.165) is 25.2 Å². The molecule has 0 radical (unpaired) electrons. The second kappa shape index (κ2) is 3.82. The smallest absolute Gasteiger partial charge is 0.243 e. The van der Waals surface area contributed by atoms with Crippen LogP contribution < -0.4 is 5.32 Å². The predicted molar refractivity (Wildman–Crippen MR) is 79.5 cm³/mol. The zero-order valence-corrected chi connectivity index (χ0v) is 13.4. The Balaban J connectivity index is 1.76. The van der Waals surface area contributed by atoms with E-state index in [1.165, 1.54) is 19.3 Å². The third kappa shape index (κ3) is 1.80. The first-order chi connectivity index (χ1) is 9.74. The molecule has 5 rings (SSSR count). The topological polar surface area (TPSA) is 49.4 Å². The van der Waals surface area contributed by atoms with E-state index in [1.54, 1.807) is 0 Å². The molecule has 116 valence electrons. The van der Waals surface area contributed by atoms with E-state index in [2.05, 4.69) is 19.2 Å². The summed E-state index contributed by atoms with van der Waals surface area (Å²) in [5.74, 6) is 0.873. The van der Waals surface area contributed by atoms with Crippen LogP contribution in [-0.2, 0) is 9.59 Å². The van der Waals surface area contributed by atoms with Crippen molar-refractivity contribution in [3.63, 3.8) is 0 Å². The van der Waals surface area contributed by atoms with Crippen LogP contribution in [-0.4, -0.2) is 34.8 Å². The van der Waals surface area contributed by atoms with Crippen LogP contribution in [0, 0.1) is 16.7 Å². The van der Waals surface area contributed by atoms with Crippen molar-refractivity contribution in [2.75, 3.05) is 6.54 Å². The maximum absolute atomic E-state index is 12.6. The van der Waals surface area contributed by atoms with Crippen molar-refractivity contribution < 1.29 is 9.59 Å². The van der Waals surface area contributed by atoms with Crippen LogP contribution in [0.2, 0.25) is 0 Å². The quantitative estimate of drug-likeness (QED) is 0.804. The maximum Gasteiger partial charge on any atom is 0.243 e. The minimum atomic E-state index is -0.310. The fraction of sp³-hybridized carbons (Fsp3) is 0.882. The fourth-order valence-corrected chi connectivity index (χ4v) is 7.06. The summed E-state index contributed by atoms with van der Waals surface area (Å²) in [6, 6.07) is -0.310. The molecule has 4 nitrogen and oxygen atoms in total. The molecule has 1 heterocycles. The largest absolute Gasteiger partial charge is 0.345 e. The zero-order chi connectivity index (χ0) is 15.0. The summed E-state index contributed by atoms with van der Waals surface area (Å²) >= 11 is 0. The summed E-state index contributed by atoms with van der Waals surface area (Å²) < 4.78 is 0. The number of carbonyl (C=O) groups is 2. The van der Waals surface area contributed by atoms with Crippen molar-refractivity contribution in [3.05, 3.63) is 0 Å². The summed E-state index contributed by atoms with van der Waals surface area (Å²) in [5, 5.41) is 2.73. The lowest BCUT2D eigenvalue weighted by atomic mass is 9.42. The first-order valence-electron chi connectivity index (χ1n) is 8.34. The molecule has 4 bridgehead atoms. The van der Waals surface area contributed by atoms with Gasteiger partial charge in [0.25, 0.3) is 0 Å². The van der Waals surface area contributed by atoms with Gasteiger partial charge in [-0.3, -0.25) is 9.59 Å². The molecule has 3 atom stereocenters. The van der Waals surface area contributed by atoms with E-state index in [-0.39, 0.29) is 29.9 Å².